The van der Waals surface area contributed by atoms with Crippen LogP contribution in [-0.4, -0.2) is 12.1 Å². The largest absolute Gasteiger partial charge is 0.352 e. The Hall–Kier alpha value is -0.730. The van der Waals surface area contributed by atoms with Gasteiger partial charge < -0.3 is 11.1 Å². The van der Waals surface area contributed by atoms with Gasteiger partial charge in [-0.05, 0) is 18.8 Å². The molecule has 64 valence electrons. The van der Waals surface area contributed by atoms with Crippen LogP contribution in [0.5, 0.6) is 0 Å². The number of rotatable bonds is 1. The Morgan fingerprint density at radius 2 is 2.27 bits per heavy atom. The van der Waals surface area contributed by atoms with E-state index in [9.17, 15) is 4.79 Å². The summed E-state index contributed by atoms with van der Waals surface area (Å²) in [6.07, 6.45) is 4.68. The SMILES string of the molecule is CC1CCCC(NC(N)=O)C1. The van der Waals surface area contributed by atoms with E-state index >= 15 is 0 Å². The van der Waals surface area contributed by atoms with Crippen LogP contribution in [-0.2, 0) is 0 Å². The standard InChI is InChI=1S/C8H16N2O/c1-6-3-2-4-7(5-6)10-8(9)11/h6-7H,2-5H2,1H3,(H3,9,10,11). The molecule has 0 aliphatic heterocycles. The Morgan fingerprint density at radius 1 is 1.55 bits per heavy atom. The Morgan fingerprint density at radius 3 is 2.82 bits per heavy atom. The molecular weight excluding hydrogens is 140 g/mol. The van der Waals surface area contributed by atoms with Crippen LogP contribution in [0.1, 0.15) is 32.6 Å². The summed E-state index contributed by atoms with van der Waals surface area (Å²) in [5, 5.41) is 2.75. The van der Waals surface area contributed by atoms with E-state index in [4.69, 9.17) is 5.73 Å². The van der Waals surface area contributed by atoms with E-state index < -0.39 is 0 Å². The molecule has 0 aromatic heterocycles. The molecule has 0 spiro atoms. The van der Waals surface area contributed by atoms with Gasteiger partial charge in [0.2, 0.25) is 0 Å². The molecular formula is C8H16N2O. The van der Waals surface area contributed by atoms with Gasteiger partial charge in [-0.1, -0.05) is 19.8 Å². The molecule has 3 nitrogen and oxygen atoms in total. The number of carbonyl (C=O) groups is 1. The van der Waals surface area contributed by atoms with Gasteiger partial charge in [-0.25, -0.2) is 4.79 Å². The number of hydrogen-bond donors (Lipinski definition) is 2. The van der Waals surface area contributed by atoms with Gasteiger partial charge in [0.15, 0.2) is 0 Å². The number of amides is 2. The van der Waals surface area contributed by atoms with Crippen molar-refractivity contribution in [1.82, 2.24) is 5.32 Å². The first-order valence-corrected chi connectivity index (χ1v) is 4.24. The van der Waals surface area contributed by atoms with Gasteiger partial charge in [0.05, 0.1) is 0 Å². The molecule has 1 fully saturated rings. The number of carbonyl (C=O) groups excluding carboxylic acids is 1. The first kappa shape index (κ1) is 8.37. The summed E-state index contributed by atoms with van der Waals surface area (Å²) < 4.78 is 0. The summed E-state index contributed by atoms with van der Waals surface area (Å²) >= 11 is 0. The molecule has 0 bridgehead atoms. The average Bonchev–Trinajstić information content (AvgIpc) is 1.85. The lowest BCUT2D eigenvalue weighted by Crippen LogP contribution is -2.40. The maximum absolute atomic E-state index is 10.5. The molecule has 1 aliphatic rings. The molecule has 0 aromatic carbocycles. The highest BCUT2D eigenvalue weighted by Gasteiger charge is 2.18. The van der Waals surface area contributed by atoms with Crippen molar-refractivity contribution in [2.24, 2.45) is 11.7 Å². The molecule has 1 rings (SSSR count). The molecule has 11 heavy (non-hydrogen) atoms. The van der Waals surface area contributed by atoms with Crippen LogP contribution in [0.15, 0.2) is 0 Å². The normalized spacial score (nSPS) is 31.4. The first-order valence-electron chi connectivity index (χ1n) is 4.24. The van der Waals surface area contributed by atoms with E-state index in [0.29, 0.717) is 6.04 Å². The quantitative estimate of drug-likeness (QED) is 0.589. The second-order valence-electron chi connectivity index (χ2n) is 3.48. The summed E-state index contributed by atoms with van der Waals surface area (Å²) in [5.74, 6) is 0.737. The highest BCUT2D eigenvalue weighted by atomic mass is 16.2. The van der Waals surface area contributed by atoms with E-state index in [-0.39, 0.29) is 6.03 Å². The van der Waals surface area contributed by atoms with Crippen LogP contribution in [0, 0.1) is 5.92 Å². The fourth-order valence-electron chi connectivity index (χ4n) is 1.77. The molecule has 2 atom stereocenters. The summed E-state index contributed by atoms with van der Waals surface area (Å²) in [5.41, 5.74) is 5.02. The number of nitrogens with one attached hydrogen (secondary N) is 1. The smallest absolute Gasteiger partial charge is 0.312 e. The maximum Gasteiger partial charge on any atom is 0.312 e. The van der Waals surface area contributed by atoms with E-state index in [1.807, 2.05) is 0 Å². The van der Waals surface area contributed by atoms with Crippen molar-refractivity contribution in [2.75, 3.05) is 0 Å². The van der Waals surface area contributed by atoms with Crippen molar-refractivity contribution in [1.29, 1.82) is 0 Å². The van der Waals surface area contributed by atoms with E-state index in [1.165, 1.54) is 12.8 Å². The Balaban J connectivity index is 2.28. The summed E-state index contributed by atoms with van der Waals surface area (Å²) in [7, 11) is 0. The topological polar surface area (TPSA) is 55.1 Å². The van der Waals surface area contributed by atoms with Crippen molar-refractivity contribution < 1.29 is 4.79 Å². The van der Waals surface area contributed by atoms with Crippen LogP contribution < -0.4 is 11.1 Å². The number of primary amides is 1. The fourth-order valence-corrected chi connectivity index (χ4v) is 1.77. The van der Waals surface area contributed by atoms with E-state index in [1.54, 1.807) is 0 Å². The molecule has 0 saturated heterocycles. The number of hydrogen-bond acceptors (Lipinski definition) is 1. The number of nitrogens with two attached hydrogens (primary N) is 1. The predicted octanol–water partition coefficient (Wildman–Crippen LogP) is 1.23. The van der Waals surface area contributed by atoms with Gasteiger partial charge in [-0.3, -0.25) is 0 Å². The highest BCUT2D eigenvalue weighted by molar-refractivity contribution is 5.71. The number of urea groups is 1. The Bertz CT molecular complexity index is 147. The molecule has 1 aliphatic carbocycles. The maximum atomic E-state index is 10.5. The van der Waals surface area contributed by atoms with Gasteiger partial charge in [0.1, 0.15) is 0 Å². The monoisotopic (exact) mass is 156 g/mol. The molecule has 1 saturated carbocycles. The van der Waals surface area contributed by atoms with Crippen LogP contribution in [0.2, 0.25) is 0 Å². The van der Waals surface area contributed by atoms with Gasteiger partial charge in [0.25, 0.3) is 0 Å². The third kappa shape index (κ3) is 2.78. The van der Waals surface area contributed by atoms with Crippen molar-refractivity contribution in [3.63, 3.8) is 0 Å². The van der Waals surface area contributed by atoms with Crippen molar-refractivity contribution in [2.45, 2.75) is 38.6 Å². The summed E-state index contributed by atoms with van der Waals surface area (Å²) in [6, 6.07) is -0.0552. The second-order valence-corrected chi connectivity index (χ2v) is 3.48. The van der Waals surface area contributed by atoms with Crippen LogP contribution in [0.3, 0.4) is 0 Å². The fraction of sp³-hybridized carbons (Fsp3) is 0.875. The van der Waals surface area contributed by atoms with Gasteiger partial charge in [0, 0.05) is 6.04 Å². The van der Waals surface area contributed by atoms with Crippen molar-refractivity contribution in [3.8, 4) is 0 Å². The second kappa shape index (κ2) is 3.60. The van der Waals surface area contributed by atoms with Gasteiger partial charge in [-0.2, -0.15) is 0 Å². The third-order valence-corrected chi connectivity index (χ3v) is 2.28. The zero-order valence-corrected chi connectivity index (χ0v) is 6.97. The third-order valence-electron chi connectivity index (χ3n) is 2.28. The molecule has 2 amide bonds. The van der Waals surface area contributed by atoms with Crippen molar-refractivity contribution in [3.05, 3.63) is 0 Å². The van der Waals surface area contributed by atoms with Crippen LogP contribution >= 0.6 is 0 Å². The molecule has 0 aromatic rings. The Kier molecular flexibility index (Phi) is 2.74. The van der Waals surface area contributed by atoms with Crippen LogP contribution in [0.4, 0.5) is 4.79 Å². The lowest BCUT2D eigenvalue weighted by Gasteiger charge is -2.26. The molecule has 0 heterocycles. The summed E-state index contributed by atoms with van der Waals surface area (Å²) in [4.78, 5) is 10.5. The van der Waals surface area contributed by atoms with Gasteiger partial charge >= 0.3 is 6.03 Å². The molecule has 2 unspecified atom stereocenters. The summed E-state index contributed by atoms with van der Waals surface area (Å²) in [6.45, 7) is 2.22. The van der Waals surface area contributed by atoms with E-state index in [2.05, 4.69) is 12.2 Å². The molecule has 3 N–H and O–H groups in total. The minimum Gasteiger partial charge on any atom is -0.352 e. The van der Waals surface area contributed by atoms with Crippen molar-refractivity contribution >= 4 is 6.03 Å². The minimum atomic E-state index is -0.385. The van der Waals surface area contributed by atoms with Crippen LogP contribution in [0.25, 0.3) is 0 Å². The minimum absolute atomic E-state index is 0.330. The highest BCUT2D eigenvalue weighted by Crippen LogP contribution is 2.23. The molecule has 0 radical (unpaired) electrons. The lowest BCUT2D eigenvalue weighted by molar-refractivity contribution is 0.235. The van der Waals surface area contributed by atoms with Gasteiger partial charge in [-0.15, -0.1) is 0 Å². The average molecular weight is 156 g/mol. The van der Waals surface area contributed by atoms with E-state index in [0.717, 1.165) is 18.8 Å². The lowest BCUT2D eigenvalue weighted by atomic mass is 9.87. The first-order chi connectivity index (χ1) is 5.18. The Labute approximate surface area is 67.3 Å². The predicted molar refractivity (Wildman–Crippen MR) is 44.1 cm³/mol. The molecule has 3 heteroatoms. The zero-order valence-electron chi connectivity index (χ0n) is 6.97. The zero-order chi connectivity index (χ0) is 8.27.